The monoisotopic (exact) mass is 396 g/mol. The summed E-state index contributed by atoms with van der Waals surface area (Å²) in [5.41, 5.74) is 0.978. The molecule has 28 heavy (non-hydrogen) atoms. The van der Waals surface area contributed by atoms with E-state index in [1.54, 1.807) is 0 Å². The van der Waals surface area contributed by atoms with Crippen molar-refractivity contribution in [1.82, 2.24) is 0 Å². The molecule has 0 heterocycles. The summed E-state index contributed by atoms with van der Waals surface area (Å²) in [7, 11) is 0. The van der Waals surface area contributed by atoms with E-state index in [9.17, 15) is 17.6 Å². The van der Waals surface area contributed by atoms with E-state index >= 15 is 0 Å². The summed E-state index contributed by atoms with van der Waals surface area (Å²) in [5, 5.41) is 0. The second kappa shape index (κ2) is 9.45. The van der Waals surface area contributed by atoms with Gasteiger partial charge in [-0.05, 0) is 67.6 Å². The quantitative estimate of drug-likeness (QED) is 0.334. The molecule has 1 aromatic rings. The van der Waals surface area contributed by atoms with Gasteiger partial charge in [-0.1, -0.05) is 63.2 Å². The second-order valence-corrected chi connectivity index (χ2v) is 8.78. The van der Waals surface area contributed by atoms with E-state index in [2.05, 4.69) is 13.0 Å². The fraction of sp³-hybridized carbons (Fsp3) is 0.667. The third-order valence-corrected chi connectivity index (χ3v) is 6.81. The molecule has 156 valence electrons. The third kappa shape index (κ3) is 5.61. The molecule has 1 aromatic carbocycles. The molecule has 0 spiro atoms. The van der Waals surface area contributed by atoms with Crippen LogP contribution in [0.25, 0.3) is 0 Å². The van der Waals surface area contributed by atoms with E-state index in [-0.39, 0.29) is 5.92 Å². The van der Waals surface area contributed by atoms with Crippen LogP contribution in [0.15, 0.2) is 29.8 Å². The number of hydrogen-bond donors (Lipinski definition) is 0. The highest BCUT2D eigenvalue weighted by Gasteiger charge is 2.32. The van der Waals surface area contributed by atoms with Gasteiger partial charge in [0.2, 0.25) is 0 Å². The van der Waals surface area contributed by atoms with Crippen LogP contribution in [0, 0.1) is 17.7 Å². The van der Waals surface area contributed by atoms with Crippen molar-refractivity contribution in [3.05, 3.63) is 46.8 Å². The van der Waals surface area contributed by atoms with Gasteiger partial charge in [-0.15, -0.1) is 0 Å². The van der Waals surface area contributed by atoms with Gasteiger partial charge in [0.15, 0.2) is 0 Å². The normalized spacial score (nSPS) is 26.2. The molecule has 0 aliphatic heterocycles. The minimum Gasteiger partial charge on any atom is -0.207 e. The predicted molar refractivity (Wildman–Crippen MR) is 106 cm³/mol. The molecule has 1 unspecified atom stereocenters. The van der Waals surface area contributed by atoms with E-state index < -0.39 is 17.6 Å². The molecular formula is C24H32F4. The Hall–Kier alpha value is -1.32. The zero-order valence-corrected chi connectivity index (χ0v) is 16.8. The number of allylic oxidation sites excluding steroid dienone is 2. The molecule has 0 radical (unpaired) electrons. The first-order chi connectivity index (χ1) is 13.4. The fourth-order valence-electron chi connectivity index (χ4n) is 5.04. The maximum atomic E-state index is 14.2. The maximum absolute atomic E-state index is 14.2. The van der Waals surface area contributed by atoms with Gasteiger partial charge in [0, 0.05) is 0 Å². The minimum atomic E-state index is -4.49. The first kappa shape index (κ1) is 21.4. The Morgan fingerprint density at radius 1 is 0.964 bits per heavy atom. The van der Waals surface area contributed by atoms with Crippen LogP contribution in [0.3, 0.4) is 0 Å². The predicted octanol–water partition coefficient (Wildman–Crippen LogP) is 8.43. The lowest BCUT2D eigenvalue weighted by molar-refractivity contribution is -0.137. The number of rotatable bonds is 6. The molecule has 0 amide bonds. The highest BCUT2D eigenvalue weighted by Crippen LogP contribution is 2.39. The van der Waals surface area contributed by atoms with E-state index in [1.165, 1.54) is 56.6 Å². The Labute approximate surface area is 166 Å². The molecule has 4 heteroatoms. The Kier molecular flexibility index (Phi) is 7.22. The zero-order chi connectivity index (χ0) is 20.1. The molecule has 0 saturated heterocycles. The first-order valence-corrected chi connectivity index (χ1v) is 10.9. The molecule has 2 aliphatic carbocycles. The Morgan fingerprint density at radius 3 is 2.18 bits per heavy atom. The van der Waals surface area contributed by atoms with Crippen molar-refractivity contribution in [2.24, 2.45) is 11.8 Å². The van der Waals surface area contributed by atoms with Gasteiger partial charge in [-0.3, -0.25) is 0 Å². The summed E-state index contributed by atoms with van der Waals surface area (Å²) >= 11 is 0. The molecule has 1 atom stereocenters. The molecule has 0 bridgehead atoms. The summed E-state index contributed by atoms with van der Waals surface area (Å²) < 4.78 is 52.4. The van der Waals surface area contributed by atoms with Gasteiger partial charge in [-0.2, -0.15) is 13.2 Å². The molecule has 0 aromatic heterocycles. The van der Waals surface area contributed by atoms with Gasteiger partial charge < -0.3 is 0 Å². The largest absolute Gasteiger partial charge is 0.416 e. The Morgan fingerprint density at radius 2 is 1.64 bits per heavy atom. The number of benzene rings is 1. The van der Waals surface area contributed by atoms with E-state index in [1.807, 2.05) is 0 Å². The van der Waals surface area contributed by atoms with Crippen LogP contribution in [0.1, 0.15) is 94.6 Å². The van der Waals surface area contributed by atoms with Crippen LogP contribution in [-0.4, -0.2) is 0 Å². The van der Waals surface area contributed by atoms with Crippen molar-refractivity contribution in [1.29, 1.82) is 0 Å². The Balaban J connectivity index is 1.48. The summed E-state index contributed by atoms with van der Waals surface area (Å²) in [4.78, 5) is 0. The summed E-state index contributed by atoms with van der Waals surface area (Å²) in [6, 6.07) is 2.98. The maximum Gasteiger partial charge on any atom is 0.416 e. The van der Waals surface area contributed by atoms with Crippen molar-refractivity contribution in [2.75, 3.05) is 0 Å². The lowest BCUT2D eigenvalue weighted by Gasteiger charge is -2.29. The lowest BCUT2D eigenvalue weighted by atomic mass is 9.77. The molecule has 1 fully saturated rings. The van der Waals surface area contributed by atoms with Crippen molar-refractivity contribution in [2.45, 2.75) is 89.6 Å². The van der Waals surface area contributed by atoms with Gasteiger partial charge in [0.05, 0.1) is 5.56 Å². The van der Waals surface area contributed by atoms with Crippen molar-refractivity contribution in [3.8, 4) is 0 Å². The van der Waals surface area contributed by atoms with E-state index in [0.717, 1.165) is 43.6 Å². The van der Waals surface area contributed by atoms with Crippen LogP contribution in [0.4, 0.5) is 17.6 Å². The Bertz CT molecular complexity index is 666. The molecule has 0 nitrogen and oxygen atoms in total. The number of halogens is 4. The highest BCUT2D eigenvalue weighted by molar-refractivity contribution is 5.30. The average Bonchev–Trinajstić information content (AvgIpc) is 2.67. The molecule has 2 aliphatic rings. The van der Waals surface area contributed by atoms with Gasteiger partial charge in [-0.25, -0.2) is 4.39 Å². The molecule has 0 N–H and O–H groups in total. The van der Waals surface area contributed by atoms with Crippen molar-refractivity contribution in [3.63, 3.8) is 0 Å². The van der Waals surface area contributed by atoms with Crippen LogP contribution >= 0.6 is 0 Å². The molecule has 1 saturated carbocycles. The first-order valence-electron chi connectivity index (χ1n) is 10.9. The van der Waals surface area contributed by atoms with Gasteiger partial charge in [0.1, 0.15) is 5.82 Å². The molecular weight excluding hydrogens is 364 g/mol. The number of alkyl halides is 3. The smallest absolute Gasteiger partial charge is 0.207 e. The number of hydrogen-bond acceptors (Lipinski definition) is 0. The van der Waals surface area contributed by atoms with Gasteiger partial charge in [0.25, 0.3) is 0 Å². The van der Waals surface area contributed by atoms with Crippen LogP contribution in [-0.2, 0) is 6.18 Å². The molecule has 3 rings (SSSR count). The SMILES string of the molecule is CCCC1CCC(CCC2=CCC(c3ccc(C(F)(F)F)cc3F)CC2)CC1. The zero-order valence-electron chi connectivity index (χ0n) is 16.8. The summed E-state index contributed by atoms with van der Waals surface area (Å²) in [6.07, 6.45) is 10.8. The van der Waals surface area contributed by atoms with Crippen LogP contribution in [0.5, 0.6) is 0 Å². The summed E-state index contributed by atoms with van der Waals surface area (Å²) in [6.45, 7) is 2.27. The van der Waals surface area contributed by atoms with Crippen LogP contribution in [0.2, 0.25) is 0 Å². The minimum absolute atomic E-state index is 0.00415. The summed E-state index contributed by atoms with van der Waals surface area (Å²) in [5.74, 6) is 1.06. The van der Waals surface area contributed by atoms with Crippen molar-refractivity contribution >= 4 is 0 Å². The highest BCUT2D eigenvalue weighted by atomic mass is 19.4. The van der Waals surface area contributed by atoms with Gasteiger partial charge >= 0.3 is 6.18 Å². The van der Waals surface area contributed by atoms with E-state index in [0.29, 0.717) is 11.6 Å². The third-order valence-electron chi connectivity index (χ3n) is 6.81. The van der Waals surface area contributed by atoms with Crippen molar-refractivity contribution < 1.29 is 17.6 Å². The van der Waals surface area contributed by atoms with Crippen LogP contribution < -0.4 is 0 Å². The van der Waals surface area contributed by atoms with E-state index in [4.69, 9.17) is 0 Å². The second-order valence-electron chi connectivity index (χ2n) is 8.78. The fourth-order valence-corrected chi connectivity index (χ4v) is 5.04. The standard InChI is InChI=1S/C24H32F4/c1-2-3-17-4-6-18(7-5-17)8-9-19-10-12-20(13-11-19)22-15-14-21(16-23(22)25)24(26,27)28/h10,14-18,20H,2-9,11-13H2,1H3. The average molecular weight is 397 g/mol. The topological polar surface area (TPSA) is 0 Å². The lowest BCUT2D eigenvalue weighted by Crippen LogP contribution is -2.15.